The fourth-order valence-corrected chi connectivity index (χ4v) is 1.31. The van der Waals surface area contributed by atoms with Crippen LogP contribution in [0.5, 0.6) is 0 Å². The van der Waals surface area contributed by atoms with Crippen LogP contribution in [0.4, 0.5) is 0 Å². The van der Waals surface area contributed by atoms with Crippen LogP contribution in [0.2, 0.25) is 0 Å². The third-order valence-corrected chi connectivity index (χ3v) is 2.20. The molecule has 0 saturated carbocycles. The first-order chi connectivity index (χ1) is 7.16. The minimum Gasteiger partial charge on any atom is -0.318 e. The molecule has 2 heterocycles. The highest BCUT2D eigenvalue weighted by Gasteiger charge is 1.99. The van der Waals surface area contributed by atoms with E-state index in [-0.39, 0.29) is 5.56 Å². The predicted molar refractivity (Wildman–Crippen MR) is 57.4 cm³/mol. The van der Waals surface area contributed by atoms with Crippen LogP contribution in [0.15, 0.2) is 35.5 Å². The topological polar surface area (TPSA) is 47.8 Å². The van der Waals surface area contributed by atoms with Gasteiger partial charge in [0.05, 0.1) is 0 Å². The van der Waals surface area contributed by atoms with Gasteiger partial charge in [-0.05, 0) is 13.0 Å². The van der Waals surface area contributed by atoms with E-state index in [1.54, 1.807) is 31.7 Å². The van der Waals surface area contributed by atoms with Crippen LogP contribution in [-0.4, -0.2) is 14.5 Å². The van der Waals surface area contributed by atoms with E-state index in [9.17, 15) is 4.79 Å². The van der Waals surface area contributed by atoms with Crippen molar-refractivity contribution in [2.24, 2.45) is 7.05 Å². The molecule has 0 aliphatic carbocycles. The maximum Gasteiger partial charge on any atom is 0.250 e. The Kier molecular flexibility index (Phi) is 2.33. The Morgan fingerprint density at radius 3 is 2.40 bits per heavy atom. The van der Waals surface area contributed by atoms with Gasteiger partial charge in [0, 0.05) is 42.8 Å². The van der Waals surface area contributed by atoms with E-state index in [0.29, 0.717) is 0 Å². The Hall–Kier alpha value is -1.97. The van der Waals surface area contributed by atoms with E-state index >= 15 is 0 Å². The Morgan fingerprint density at radius 2 is 1.80 bits per heavy atom. The van der Waals surface area contributed by atoms with Crippen LogP contribution < -0.4 is 5.56 Å². The summed E-state index contributed by atoms with van der Waals surface area (Å²) in [5, 5.41) is 0. The molecule has 0 unspecified atom stereocenters. The average Bonchev–Trinajstić information content (AvgIpc) is 2.23. The van der Waals surface area contributed by atoms with Crippen molar-refractivity contribution < 1.29 is 0 Å². The highest BCUT2D eigenvalue weighted by Crippen LogP contribution is 2.14. The van der Waals surface area contributed by atoms with Crippen molar-refractivity contribution in [3.63, 3.8) is 0 Å². The SMILES string of the molecule is Cc1ncc(-c2ccc(=O)n(C)c2)cn1. The van der Waals surface area contributed by atoms with Crippen molar-refractivity contribution in [1.29, 1.82) is 0 Å². The summed E-state index contributed by atoms with van der Waals surface area (Å²) in [5.74, 6) is 0.739. The summed E-state index contributed by atoms with van der Waals surface area (Å²) in [4.78, 5) is 19.4. The highest BCUT2D eigenvalue weighted by molar-refractivity contribution is 5.59. The molecule has 0 atom stereocenters. The molecule has 0 amide bonds. The molecule has 2 aromatic heterocycles. The van der Waals surface area contributed by atoms with Gasteiger partial charge in [0.25, 0.3) is 0 Å². The second-order valence-corrected chi connectivity index (χ2v) is 3.39. The predicted octanol–water partition coefficient (Wildman–Crippen LogP) is 1.15. The van der Waals surface area contributed by atoms with Gasteiger partial charge >= 0.3 is 0 Å². The first kappa shape index (κ1) is 9.58. The normalized spacial score (nSPS) is 10.3. The Bertz CT molecular complexity index is 528. The van der Waals surface area contributed by atoms with Gasteiger partial charge in [-0.2, -0.15) is 0 Å². The van der Waals surface area contributed by atoms with Gasteiger partial charge in [0.2, 0.25) is 5.56 Å². The number of aryl methyl sites for hydroxylation is 2. The molecule has 2 aromatic rings. The summed E-state index contributed by atoms with van der Waals surface area (Å²) in [7, 11) is 1.72. The van der Waals surface area contributed by atoms with E-state index < -0.39 is 0 Å². The standard InChI is InChI=1S/C11H11N3O/c1-8-12-5-10(6-13-8)9-3-4-11(15)14(2)7-9/h3-7H,1-2H3. The third-order valence-electron chi connectivity index (χ3n) is 2.20. The van der Waals surface area contributed by atoms with Gasteiger partial charge in [-0.25, -0.2) is 9.97 Å². The van der Waals surface area contributed by atoms with E-state index in [1.807, 2.05) is 6.92 Å². The molecule has 76 valence electrons. The Morgan fingerprint density at radius 1 is 1.13 bits per heavy atom. The van der Waals surface area contributed by atoms with Crippen LogP contribution in [0.25, 0.3) is 11.1 Å². The molecule has 2 rings (SSSR count). The summed E-state index contributed by atoms with van der Waals surface area (Å²) in [6.07, 6.45) is 5.28. The summed E-state index contributed by atoms with van der Waals surface area (Å²) in [5.41, 5.74) is 1.83. The lowest BCUT2D eigenvalue weighted by Crippen LogP contribution is -2.13. The van der Waals surface area contributed by atoms with Gasteiger partial charge in [-0.3, -0.25) is 4.79 Å². The minimum absolute atomic E-state index is 0.0215. The molecule has 0 aliphatic heterocycles. The smallest absolute Gasteiger partial charge is 0.250 e. The minimum atomic E-state index is -0.0215. The van der Waals surface area contributed by atoms with Gasteiger partial charge in [0.15, 0.2) is 0 Å². The van der Waals surface area contributed by atoms with E-state index in [2.05, 4.69) is 9.97 Å². The fraction of sp³-hybridized carbons (Fsp3) is 0.182. The van der Waals surface area contributed by atoms with Crippen molar-refractivity contribution in [1.82, 2.24) is 14.5 Å². The maximum absolute atomic E-state index is 11.2. The lowest BCUT2D eigenvalue weighted by molar-refractivity contribution is 0.862. The Balaban J connectivity index is 2.50. The number of pyridine rings is 1. The first-order valence-electron chi connectivity index (χ1n) is 4.62. The summed E-state index contributed by atoms with van der Waals surface area (Å²) in [6.45, 7) is 1.84. The molecule has 0 N–H and O–H groups in total. The summed E-state index contributed by atoms with van der Waals surface area (Å²) < 4.78 is 1.54. The fourth-order valence-electron chi connectivity index (χ4n) is 1.31. The maximum atomic E-state index is 11.2. The number of hydrogen-bond donors (Lipinski definition) is 0. The monoisotopic (exact) mass is 201 g/mol. The van der Waals surface area contributed by atoms with Crippen LogP contribution >= 0.6 is 0 Å². The van der Waals surface area contributed by atoms with Crippen LogP contribution in [-0.2, 0) is 7.05 Å². The lowest BCUT2D eigenvalue weighted by atomic mass is 10.1. The molecule has 0 radical (unpaired) electrons. The number of nitrogens with zero attached hydrogens (tertiary/aromatic N) is 3. The van der Waals surface area contributed by atoms with Crippen LogP contribution in [0.1, 0.15) is 5.82 Å². The zero-order chi connectivity index (χ0) is 10.8. The van der Waals surface area contributed by atoms with Crippen molar-refractivity contribution in [3.05, 3.63) is 46.9 Å². The van der Waals surface area contributed by atoms with Gasteiger partial charge < -0.3 is 4.57 Å². The second kappa shape index (κ2) is 3.65. The zero-order valence-corrected chi connectivity index (χ0v) is 8.64. The number of aromatic nitrogens is 3. The zero-order valence-electron chi connectivity index (χ0n) is 8.64. The van der Waals surface area contributed by atoms with E-state index in [0.717, 1.165) is 17.0 Å². The van der Waals surface area contributed by atoms with E-state index in [1.165, 1.54) is 10.6 Å². The van der Waals surface area contributed by atoms with Crippen molar-refractivity contribution in [3.8, 4) is 11.1 Å². The van der Waals surface area contributed by atoms with Gasteiger partial charge in [-0.1, -0.05) is 0 Å². The number of rotatable bonds is 1. The highest BCUT2D eigenvalue weighted by atomic mass is 16.1. The molecule has 0 saturated heterocycles. The van der Waals surface area contributed by atoms with Crippen LogP contribution in [0, 0.1) is 6.92 Å². The molecule has 0 spiro atoms. The molecule has 4 heteroatoms. The summed E-state index contributed by atoms with van der Waals surface area (Å²) in [6, 6.07) is 3.31. The van der Waals surface area contributed by atoms with Gasteiger partial charge in [0.1, 0.15) is 5.82 Å². The van der Waals surface area contributed by atoms with Crippen molar-refractivity contribution in [2.45, 2.75) is 6.92 Å². The number of hydrogen-bond acceptors (Lipinski definition) is 3. The molecular formula is C11H11N3O. The molecule has 0 aromatic carbocycles. The van der Waals surface area contributed by atoms with Crippen LogP contribution in [0.3, 0.4) is 0 Å². The molecule has 0 fully saturated rings. The quantitative estimate of drug-likeness (QED) is 0.695. The van der Waals surface area contributed by atoms with E-state index in [4.69, 9.17) is 0 Å². The molecule has 0 bridgehead atoms. The summed E-state index contributed by atoms with van der Waals surface area (Å²) >= 11 is 0. The Labute approximate surface area is 87.2 Å². The second-order valence-electron chi connectivity index (χ2n) is 3.39. The largest absolute Gasteiger partial charge is 0.318 e. The van der Waals surface area contributed by atoms with Crippen molar-refractivity contribution in [2.75, 3.05) is 0 Å². The average molecular weight is 201 g/mol. The van der Waals surface area contributed by atoms with Gasteiger partial charge in [-0.15, -0.1) is 0 Å². The molecule has 15 heavy (non-hydrogen) atoms. The lowest BCUT2D eigenvalue weighted by Gasteiger charge is -2.02. The van der Waals surface area contributed by atoms with Crippen molar-refractivity contribution >= 4 is 0 Å². The molecule has 0 aliphatic rings. The molecule has 4 nitrogen and oxygen atoms in total. The third kappa shape index (κ3) is 1.93. The molecular weight excluding hydrogens is 190 g/mol. The first-order valence-corrected chi connectivity index (χ1v) is 4.62.